The topological polar surface area (TPSA) is 228 Å². The molecular formula is C26H24F3N7O8S. The van der Waals surface area contributed by atoms with Gasteiger partial charge in [0.1, 0.15) is 11.9 Å². The first kappa shape index (κ1) is 32.3. The van der Waals surface area contributed by atoms with Crippen LogP contribution in [0.2, 0.25) is 0 Å². The summed E-state index contributed by atoms with van der Waals surface area (Å²) < 4.78 is 50.0. The van der Waals surface area contributed by atoms with Crippen molar-refractivity contribution in [1.82, 2.24) is 19.7 Å². The number of amidine groups is 1. The number of nitrogens with two attached hydrogens (primary N) is 1. The van der Waals surface area contributed by atoms with Crippen LogP contribution in [-0.2, 0) is 4.79 Å². The second-order valence-corrected chi connectivity index (χ2v) is 9.86. The molecule has 0 aliphatic carbocycles. The van der Waals surface area contributed by atoms with Gasteiger partial charge in [-0.05, 0) is 42.0 Å². The standard InChI is InChI=1S/C24H23N7O6S.C2HF3O2/c1-35-15-9-13(10-16-18(15)37-8-2-7-36-16)17(28-14-5-3-12(4-6-14)20(25)26)21-29-24(34)31(30-21)22-19(23(32)33)38-11-27-22;3-2(4,5)1(6)7/h3-6,9-11,17,28H,2,7-8H2,1H3,(H3,25,26)(H,32,33)(H,29,30,34);(H,6,7). The Hall–Kier alpha value is -5.59. The van der Waals surface area contributed by atoms with E-state index in [2.05, 4.69) is 20.4 Å². The van der Waals surface area contributed by atoms with Gasteiger partial charge >= 0.3 is 23.8 Å². The number of rotatable bonds is 8. The van der Waals surface area contributed by atoms with Crippen molar-refractivity contribution in [3.63, 3.8) is 0 Å². The SMILES string of the molecule is COc1cc(C(Nc2ccc(C(=N)N)cc2)c2nn(-c3ncsc3C(=O)O)c(=O)[nH]2)cc2c1OCCCO2.O=C(O)C(F)(F)F. The molecule has 2 aromatic carbocycles. The van der Waals surface area contributed by atoms with Gasteiger partial charge in [-0.2, -0.15) is 17.9 Å². The fraction of sp³-hybridized carbons (Fsp3) is 0.231. The number of ether oxygens (including phenoxy) is 3. The largest absolute Gasteiger partial charge is 0.493 e. The number of hydrogen-bond acceptors (Lipinski definition) is 11. The van der Waals surface area contributed by atoms with Gasteiger partial charge in [-0.25, -0.2) is 19.4 Å². The first-order valence-electron chi connectivity index (χ1n) is 12.6. The smallest absolute Gasteiger partial charge is 0.490 e. The molecule has 0 fully saturated rings. The lowest BCUT2D eigenvalue weighted by Crippen LogP contribution is -2.21. The van der Waals surface area contributed by atoms with Crippen molar-refractivity contribution in [3.05, 3.63) is 74.2 Å². The quantitative estimate of drug-likeness (QED) is 0.119. The maximum atomic E-state index is 12.9. The van der Waals surface area contributed by atoms with Crippen LogP contribution in [0.3, 0.4) is 0 Å². The van der Waals surface area contributed by atoms with Crippen molar-refractivity contribution in [2.45, 2.75) is 18.6 Å². The number of anilines is 1. The number of carbonyl (C=O) groups is 2. The number of carboxylic acids is 2. The molecule has 0 saturated carbocycles. The fourth-order valence-corrected chi connectivity index (χ4v) is 4.56. The minimum atomic E-state index is -5.08. The predicted molar refractivity (Wildman–Crippen MR) is 152 cm³/mol. The van der Waals surface area contributed by atoms with Gasteiger partial charge in [-0.15, -0.1) is 16.4 Å². The summed E-state index contributed by atoms with van der Waals surface area (Å²) in [6.45, 7) is 0.932. The van der Waals surface area contributed by atoms with E-state index in [1.54, 1.807) is 36.4 Å². The van der Waals surface area contributed by atoms with Crippen LogP contribution in [0.5, 0.6) is 17.2 Å². The van der Waals surface area contributed by atoms with E-state index in [-0.39, 0.29) is 22.4 Å². The van der Waals surface area contributed by atoms with Crippen LogP contribution in [0.1, 0.15) is 39.1 Å². The summed E-state index contributed by atoms with van der Waals surface area (Å²) in [6, 6.07) is 9.62. The highest BCUT2D eigenvalue weighted by molar-refractivity contribution is 7.12. The van der Waals surface area contributed by atoms with Crippen molar-refractivity contribution in [2.24, 2.45) is 5.73 Å². The summed E-state index contributed by atoms with van der Waals surface area (Å²) in [4.78, 5) is 40.0. The highest BCUT2D eigenvalue weighted by atomic mass is 32.1. The van der Waals surface area contributed by atoms with Crippen molar-refractivity contribution in [1.29, 1.82) is 5.41 Å². The van der Waals surface area contributed by atoms with Crippen molar-refractivity contribution < 1.29 is 47.2 Å². The molecule has 45 heavy (non-hydrogen) atoms. The summed E-state index contributed by atoms with van der Waals surface area (Å²) in [5, 5.41) is 32.0. The second kappa shape index (κ2) is 13.4. The summed E-state index contributed by atoms with van der Waals surface area (Å²) >= 11 is 0.889. The van der Waals surface area contributed by atoms with Crippen LogP contribution in [0.25, 0.3) is 5.82 Å². The number of methoxy groups -OCH3 is 1. The van der Waals surface area contributed by atoms with Crippen LogP contribution < -0.4 is 31.0 Å². The molecule has 7 N–H and O–H groups in total. The number of H-pyrrole nitrogens is 1. The summed E-state index contributed by atoms with van der Waals surface area (Å²) in [6.07, 6.45) is -4.38. The van der Waals surface area contributed by atoms with Gasteiger partial charge in [0.05, 0.1) is 25.8 Å². The molecule has 15 nitrogen and oxygen atoms in total. The molecule has 3 heterocycles. The third kappa shape index (κ3) is 7.50. The molecule has 1 unspecified atom stereocenters. The zero-order chi connectivity index (χ0) is 32.9. The van der Waals surface area contributed by atoms with E-state index in [9.17, 15) is 27.9 Å². The summed E-state index contributed by atoms with van der Waals surface area (Å²) in [7, 11) is 1.52. The van der Waals surface area contributed by atoms with Gasteiger partial charge in [-0.3, -0.25) is 10.4 Å². The lowest BCUT2D eigenvalue weighted by molar-refractivity contribution is -0.192. The third-order valence-corrected chi connectivity index (χ3v) is 6.79. The van der Waals surface area contributed by atoms with E-state index >= 15 is 0 Å². The minimum absolute atomic E-state index is 0.0682. The number of aromatic carboxylic acids is 1. The Bertz CT molecular complexity index is 1770. The Labute approximate surface area is 254 Å². The Kier molecular flexibility index (Phi) is 9.60. The number of fused-ring (bicyclic) bond motifs is 1. The minimum Gasteiger partial charge on any atom is -0.493 e. The van der Waals surface area contributed by atoms with Crippen molar-refractivity contribution in [2.75, 3.05) is 25.6 Å². The first-order chi connectivity index (χ1) is 21.3. The number of aromatic amines is 1. The van der Waals surface area contributed by atoms with E-state index in [4.69, 9.17) is 35.3 Å². The van der Waals surface area contributed by atoms with E-state index < -0.39 is 29.8 Å². The summed E-state index contributed by atoms with van der Waals surface area (Å²) in [5.74, 6) is -2.55. The molecule has 1 atom stereocenters. The monoisotopic (exact) mass is 651 g/mol. The Balaban J connectivity index is 0.000000591. The molecule has 0 bridgehead atoms. The van der Waals surface area contributed by atoms with Gasteiger partial charge < -0.3 is 35.5 Å². The molecule has 5 rings (SSSR count). The molecule has 0 saturated heterocycles. The molecule has 1 aliphatic heterocycles. The normalized spacial score (nSPS) is 13.1. The molecule has 0 radical (unpaired) electrons. The lowest BCUT2D eigenvalue weighted by atomic mass is 10.0. The number of aromatic nitrogens is 4. The van der Waals surface area contributed by atoms with Crippen LogP contribution in [0, 0.1) is 5.41 Å². The number of carboxylic acid groups (broad SMARTS) is 2. The average molecular weight is 652 g/mol. The van der Waals surface area contributed by atoms with Gasteiger partial charge in [0.2, 0.25) is 5.75 Å². The summed E-state index contributed by atoms with van der Waals surface area (Å²) in [5.41, 5.74) is 8.07. The number of aliphatic carboxylic acids is 1. The number of nitrogen functional groups attached to an aromatic ring is 1. The Morgan fingerprint density at radius 1 is 1.20 bits per heavy atom. The second-order valence-electron chi connectivity index (χ2n) is 9.01. The fourth-order valence-electron chi connectivity index (χ4n) is 3.95. The van der Waals surface area contributed by atoms with Crippen LogP contribution in [0.15, 0.2) is 46.7 Å². The van der Waals surface area contributed by atoms with Gasteiger partial charge in [0.25, 0.3) is 0 Å². The van der Waals surface area contributed by atoms with E-state index in [0.29, 0.717) is 53.7 Å². The number of nitrogens with zero attached hydrogens (tertiary/aromatic N) is 3. The maximum absolute atomic E-state index is 12.9. The number of hydrogen-bond donors (Lipinski definition) is 6. The van der Waals surface area contributed by atoms with Crippen LogP contribution in [-0.4, -0.2) is 74.2 Å². The average Bonchev–Trinajstić information content (AvgIpc) is 3.55. The number of nitrogens with one attached hydrogen (secondary N) is 3. The van der Waals surface area contributed by atoms with Crippen LogP contribution in [0.4, 0.5) is 18.9 Å². The molecule has 4 aromatic rings. The molecule has 19 heteroatoms. The van der Waals surface area contributed by atoms with Gasteiger partial charge in [-0.1, -0.05) is 0 Å². The van der Waals surface area contributed by atoms with Gasteiger partial charge in [0.15, 0.2) is 28.0 Å². The van der Waals surface area contributed by atoms with Crippen molar-refractivity contribution in [3.8, 4) is 23.1 Å². The highest BCUT2D eigenvalue weighted by Crippen LogP contribution is 2.42. The van der Waals surface area contributed by atoms with Crippen LogP contribution >= 0.6 is 11.3 Å². The number of benzene rings is 2. The van der Waals surface area contributed by atoms with E-state index in [1.807, 2.05) is 0 Å². The third-order valence-electron chi connectivity index (χ3n) is 5.99. The molecular weight excluding hydrogens is 627 g/mol. The molecule has 0 amide bonds. The first-order valence-corrected chi connectivity index (χ1v) is 13.5. The zero-order valence-electron chi connectivity index (χ0n) is 23.0. The van der Waals surface area contributed by atoms with E-state index in [0.717, 1.165) is 16.0 Å². The lowest BCUT2D eigenvalue weighted by Gasteiger charge is -2.21. The molecule has 238 valence electrons. The predicted octanol–water partition coefficient (Wildman–Crippen LogP) is 3.00. The van der Waals surface area contributed by atoms with Crippen molar-refractivity contribution >= 4 is 34.8 Å². The number of thiazole rings is 1. The number of halogens is 3. The molecule has 1 aliphatic rings. The maximum Gasteiger partial charge on any atom is 0.490 e. The molecule has 0 spiro atoms. The Morgan fingerprint density at radius 2 is 1.87 bits per heavy atom. The Morgan fingerprint density at radius 3 is 2.47 bits per heavy atom. The van der Waals surface area contributed by atoms with Gasteiger partial charge in [0, 0.05) is 17.7 Å². The molecule has 2 aromatic heterocycles. The highest BCUT2D eigenvalue weighted by Gasteiger charge is 2.38. The number of alkyl halides is 3. The van der Waals surface area contributed by atoms with E-state index in [1.165, 1.54) is 12.6 Å². The zero-order valence-corrected chi connectivity index (χ0v) is 23.9.